The van der Waals surface area contributed by atoms with Crippen LogP contribution in [0.5, 0.6) is 0 Å². The van der Waals surface area contributed by atoms with Crippen LogP contribution in [0.2, 0.25) is 0 Å². The molecule has 0 aliphatic heterocycles. The Labute approximate surface area is 62.0 Å². The summed E-state index contributed by atoms with van der Waals surface area (Å²) in [4.78, 5) is 0. The minimum atomic E-state index is -10.1. The first-order chi connectivity index (χ1) is 4.18. The fourth-order valence-electron chi connectivity index (χ4n) is 0.309. The van der Waals surface area contributed by atoms with Crippen molar-refractivity contribution in [2.75, 3.05) is 5.75 Å². The van der Waals surface area contributed by atoms with E-state index < -0.39 is 21.4 Å². The third-order valence-electron chi connectivity index (χ3n) is 0.436. The van der Waals surface area contributed by atoms with Crippen molar-refractivity contribution in [2.45, 2.75) is 5.38 Å². The number of hydrogen-bond donors (Lipinski definition) is 0. The van der Waals surface area contributed by atoms with Gasteiger partial charge in [0.2, 0.25) is 0 Å². The Hall–Kier alpha value is 0.150. The second kappa shape index (κ2) is 1.73. The van der Waals surface area contributed by atoms with Crippen LogP contribution in [0.1, 0.15) is 0 Å². The minimum Gasteiger partial charge on any atom is -0.187 e. The topological polar surface area (TPSA) is 0 Å². The molecule has 0 radical (unpaired) electrons. The summed E-state index contributed by atoms with van der Waals surface area (Å²) < 4.78 is 78.3. The van der Waals surface area contributed by atoms with Crippen LogP contribution in [0, 0.1) is 0 Å². The molecule has 0 amide bonds. The monoisotopic (exact) mass is 226 g/mol. The summed E-state index contributed by atoms with van der Waals surface area (Å²) in [6, 6.07) is 0. The van der Waals surface area contributed by atoms with Gasteiger partial charge in [0.05, 0.1) is 0 Å². The quantitative estimate of drug-likeness (QED) is 0.491. The van der Waals surface area contributed by atoms with Crippen LogP contribution < -0.4 is 0 Å². The first-order valence-electron chi connectivity index (χ1n) is 1.98. The molecule has 0 spiro atoms. The summed E-state index contributed by atoms with van der Waals surface area (Å²) in [6.07, 6.45) is 0. The number of rotatable bonds is 2. The lowest BCUT2D eigenvalue weighted by molar-refractivity contribution is 0.111. The molecule has 0 aliphatic rings. The molecule has 0 aromatic carbocycles. The van der Waals surface area contributed by atoms with Crippen LogP contribution in [0.15, 0.2) is 0 Å². The molecule has 0 aromatic heterocycles. The van der Waals surface area contributed by atoms with Gasteiger partial charge in [-0.25, -0.2) is 0 Å². The number of halogens is 8. The molecule has 11 heavy (non-hydrogen) atoms. The van der Waals surface area contributed by atoms with Crippen molar-refractivity contribution in [2.24, 2.45) is 0 Å². The van der Waals surface area contributed by atoms with Crippen LogP contribution in [-0.2, 0) is 0 Å². The summed E-state index contributed by atoms with van der Waals surface area (Å²) in [5, 5.41) is -4.94. The van der Waals surface area contributed by atoms with Gasteiger partial charge in [-0.1, -0.05) is 19.4 Å². The molecule has 0 aromatic rings. The minimum absolute atomic E-state index is 3.56. The highest BCUT2D eigenvalue weighted by Crippen LogP contribution is 2.98. The molecule has 9 heteroatoms. The van der Waals surface area contributed by atoms with Gasteiger partial charge in [-0.15, -0.1) is 0 Å². The lowest BCUT2D eigenvalue weighted by Gasteiger charge is -2.40. The fraction of sp³-hybridized carbons (Fsp3) is 1.00. The maximum atomic E-state index is 11.3. The smallest absolute Gasteiger partial charge is 0.187 e. The number of alkyl halides is 3. The zero-order valence-electron chi connectivity index (χ0n) is 4.64. The van der Waals surface area contributed by atoms with E-state index in [4.69, 9.17) is 0 Å². The highest BCUT2D eigenvalue weighted by Gasteiger charge is 2.68. The lowest BCUT2D eigenvalue weighted by atomic mass is 10.8. The zero-order chi connectivity index (χ0) is 9.62. The van der Waals surface area contributed by atoms with Crippen molar-refractivity contribution < 1.29 is 28.2 Å². The van der Waals surface area contributed by atoms with Gasteiger partial charge in [0.1, 0.15) is 0 Å². The van der Waals surface area contributed by atoms with Gasteiger partial charge in [-0.05, 0) is 11.6 Å². The Balaban J connectivity index is 4.66. The second-order valence-electron chi connectivity index (χ2n) is 1.89. The molecule has 0 fully saturated rings. The van der Waals surface area contributed by atoms with Gasteiger partial charge in [-0.2, -0.15) is 8.78 Å². The molecule has 72 valence electrons. The van der Waals surface area contributed by atoms with E-state index in [-0.39, 0.29) is 0 Å². The fourth-order valence-corrected chi connectivity index (χ4v) is 1.55. The molecule has 0 aliphatic carbocycles. The molecule has 0 N–H and O–H groups in total. The van der Waals surface area contributed by atoms with E-state index in [0.29, 0.717) is 0 Å². The normalized spacial score (nSPS) is 20.7. The molecule has 0 heterocycles. The van der Waals surface area contributed by atoms with Crippen molar-refractivity contribution in [1.29, 1.82) is 0 Å². The predicted octanol–water partition coefficient (Wildman–Crippen LogP) is 4.12. The van der Waals surface area contributed by atoms with Crippen molar-refractivity contribution in [3.05, 3.63) is 0 Å². The Morgan fingerprint density at radius 1 is 1.00 bits per heavy atom. The highest BCUT2D eigenvalue weighted by atomic mass is 35.5. The van der Waals surface area contributed by atoms with Crippen LogP contribution >= 0.6 is 21.8 Å². The van der Waals surface area contributed by atoms with Crippen molar-refractivity contribution in [1.82, 2.24) is 0 Å². The van der Waals surface area contributed by atoms with Crippen LogP contribution in [-0.4, -0.2) is 11.1 Å². The van der Waals surface area contributed by atoms with E-state index in [2.05, 4.69) is 11.6 Å². The van der Waals surface area contributed by atoms with E-state index >= 15 is 0 Å². The average molecular weight is 227 g/mol. The molecular weight excluding hydrogens is 225 g/mol. The third kappa shape index (κ3) is 10.2. The molecule has 0 unspecified atom stereocenters. The largest absolute Gasteiger partial charge is 0.339 e. The van der Waals surface area contributed by atoms with Gasteiger partial charge in [-0.3, -0.25) is 0 Å². The van der Waals surface area contributed by atoms with E-state index in [0.717, 1.165) is 0 Å². The lowest BCUT2D eigenvalue weighted by Crippen LogP contribution is -2.24. The van der Waals surface area contributed by atoms with Crippen molar-refractivity contribution in [3.8, 4) is 0 Å². The van der Waals surface area contributed by atoms with Gasteiger partial charge in [0.25, 0.3) is 10.2 Å². The zero-order valence-corrected chi connectivity index (χ0v) is 6.21. The average Bonchev–Trinajstić information content (AvgIpc) is 1.05. The first-order valence-corrected chi connectivity index (χ1v) is 4.48. The van der Waals surface area contributed by atoms with E-state index in [1.807, 2.05) is 0 Å². The van der Waals surface area contributed by atoms with Crippen LogP contribution in [0.4, 0.5) is 28.2 Å². The van der Waals surface area contributed by atoms with Crippen molar-refractivity contribution >= 4 is 21.8 Å². The third-order valence-corrected chi connectivity index (χ3v) is 1.64. The van der Waals surface area contributed by atoms with Crippen LogP contribution in [0.3, 0.4) is 0 Å². The Morgan fingerprint density at radius 2 is 1.27 bits per heavy atom. The highest BCUT2D eigenvalue weighted by molar-refractivity contribution is 8.45. The van der Waals surface area contributed by atoms with Gasteiger partial charge in [0, 0.05) is 0 Å². The van der Waals surface area contributed by atoms with E-state index in [1.54, 1.807) is 0 Å². The summed E-state index contributed by atoms with van der Waals surface area (Å²) in [5.74, 6) is -3.56. The van der Waals surface area contributed by atoms with Crippen molar-refractivity contribution in [3.63, 3.8) is 0 Å². The Kier molecular flexibility index (Phi) is 1.76. The van der Waals surface area contributed by atoms with Gasteiger partial charge in [0.15, 0.2) is 5.75 Å². The maximum Gasteiger partial charge on any atom is 0.339 e. The summed E-state index contributed by atoms with van der Waals surface area (Å²) in [7, 11) is -10.1. The summed E-state index contributed by atoms with van der Waals surface area (Å²) >= 11 is 3.69. The Morgan fingerprint density at radius 3 is 1.27 bits per heavy atom. The van der Waals surface area contributed by atoms with Gasteiger partial charge < -0.3 is 0 Å². The number of hydrogen-bond acceptors (Lipinski definition) is 0. The molecule has 0 bridgehead atoms. The SMILES string of the molecule is FC(F)(Cl)CS(F)(F)(F)(F)F. The molecule has 0 saturated carbocycles. The molecule has 0 atom stereocenters. The summed E-state index contributed by atoms with van der Waals surface area (Å²) in [5.41, 5.74) is 0. The molecule has 0 saturated heterocycles. The molecule has 0 nitrogen and oxygen atoms in total. The molecular formula is C2H2ClF7S. The van der Waals surface area contributed by atoms with E-state index in [1.165, 1.54) is 0 Å². The first kappa shape index (κ1) is 11.2. The van der Waals surface area contributed by atoms with Crippen LogP contribution in [0.25, 0.3) is 0 Å². The standard InChI is InChI=1S/C2H2ClF7S/c3-2(4,5)1-11(6,7,8,9)10/h1H2. The van der Waals surface area contributed by atoms with E-state index in [9.17, 15) is 28.2 Å². The maximum absolute atomic E-state index is 11.3. The van der Waals surface area contributed by atoms with Gasteiger partial charge >= 0.3 is 5.38 Å². The predicted molar refractivity (Wildman–Crippen MR) is 28.8 cm³/mol. The molecule has 0 rings (SSSR count). The summed E-state index contributed by atoms with van der Waals surface area (Å²) in [6.45, 7) is 0. The second-order valence-corrected chi connectivity index (χ2v) is 4.99. The Bertz CT molecular complexity index is 158.